The van der Waals surface area contributed by atoms with Gasteiger partial charge in [0.15, 0.2) is 0 Å². The normalized spacial score (nSPS) is 20.6. The third-order valence-electron chi connectivity index (χ3n) is 4.12. The first-order valence-corrected chi connectivity index (χ1v) is 8.99. The number of carbonyl (C=O) groups is 2. The van der Waals surface area contributed by atoms with Gasteiger partial charge in [-0.1, -0.05) is 38.5 Å². The van der Waals surface area contributed by atoms with Crippen molar-refractivity contribution in [1.82, 2.24) is 10.6 Å². The van der Waals surface area contributed by atoms with Crippen molar-refractivity contribution in [3.8, 4) is 0 Å². The molecular formula is C16H30N2O2S. The van der Waals surface area contributed by atoms with Crippen LogP contribution in [0.25, 0.3) is 0 Å². The van der Waals surface area contributed by atoms with Crippen molar-refractivity contribution in [1.29, 1.82) is 0 Å². The Kier molecular flexibility index (Phi) is 10.4. The Labute approximate surface area is 134 Å². The molecule has 0 unspecified atom stereocenters. The van der Waals surface area contributed by atoms with E-state index < -0.39 is 0 Å². The highest BCUT2D eigenvalue weighted by molar-refractivity contribution is 7.80. The van der Waals surface area contributed by atoms with E-state index in [9.17, 15) is 9.59 Å². The number of nitrogens with one attached hydrogen (secondary N) is 2. The lowest BCUT2D eigenvalue weighted by Gasteiger charge is -2.35. The van der Waals surface area contributed by atoms with Gasteiger partial charge in [0.05, 0.1) is 0 Å². The predicted octanol–water partition coefficient (Wildman–Crippen LogP) is 2.82. The Morgan fingerprint density at radius 3 is 2.10 bits per heavy atom. The fourth-order valence-electron chi connectivity index (χ4n) is 2.73. The van der Waals surface area contributed by atoms with E-state index in [1.165, 1.54) is 38.5 Å². The van der Waals surface area contributed by atoms with Gasteiger partial charge in [0.25, 0.3) is 0 Å². The van der Waals surface area contributed by atoms with Crippen LogP contribution in [0.5, 0.6) is 0 Å². The number of hydrogen-bond donors (Lipinski definition) is 3. The fraction of sp³-hybridized carbons (Fsp3) is 0.875. The Hall–Kier alpha value is -0.710. The van der Waals surface area contributed by atoms with E-state index in [4.69, 9.17) is 0 Å². The SMILES string of the molecule is O=CNC1CC(NC(=O)CCCCCCCCCCS)C1. The number of thiol groups is 1. The van der Waals surface area contributed by atoms with Gasteiger partial charge >= 0.3 is 0 Å². The quantitative estimate of drug-likeness (QED) is 0.278. The van der Waals surface area contributed by atoms with Gasteiger partial charge < -0.3 is 10.6 Å². The minimum Gasteiger partial charge on any atom is -0.356 e. The van der Waals surface area contributed by atoms with Crippen molar-refractivity contribution in [2.45, 2.75) is 82.7 Å². The largest absolute Gasteiger partial charge is 0.356 e. The molecule has 1 fully saturated rings. The van der Waals surface area contributed by atoms with Crippen LogP contribution in [-0.4, -0.2) is 30.2 Å². The summed E-state index contributed by atoms with van der Waals surface area (Å²) in [6.07, 6.45) is 13.0. The molecule has 1 saturated carbocycles. The van der Waals surface area contributed by atoms with E-state index in [1.807, 2.05) is 0 Å². The second-order valence-electron chi connectivity index (χ2n) is 6.02. The lowest BCUT2D eigenvalue weighted by molar-refractivity contribution is -0.122. The van der Waals surface area contributed by atoms with Gasteiger partial charge in [0, 0.05) is 18.5 Å². The molecule has 0 aromatic carbocycles. The molecular weight excluding hydrogens is 284 g/mol. The summed E-state index contributed by atoms with van der Waals surface area (Å²) in [5.41, 5.74) is 0. The van der Waals surface area contributed by atoms with E-state index in [-0.39, 0.29) is 18.0 Å². The van der Waals surface area contributed by atoms with E-state index in [1.54, 1.807) is 0 Å². The minimum atomic E-state index is 0.165. The Bertz CT molecular complexity index is 294. The molecule has 21 heavy (non-hydrogen) atoms. The van der Waals surface area contributed by atoms with Crippen molar-refractivity contribution in [3.05, 3.63) is 0 Å². The summed E-state index contributed by atoms with van der Waals surface area (Å²) in [5.74, 6) is 1.17. The highest BCUT2D eigenvalue weighted by Gasteiger charge is 2.29. The maximum atomic E-state index is 11.7. The maximum Gasteiger partial charge on any atom is 0.220 e. The summed E-state index contributed by atoms with van der Waals surface area (Å²) in [4.78, 5) is 21.9. The van der Waals surface area contributed by atoms with Gasteiger partial charge in [-0.2, -0.15) is 12.6 Å². The molecule has 4 nitrogen and oxygen atoms in total. The third-order valence-corrected chi connectivity index (χ3v) is 4.44. The molecule has 1 rings (SSSR count). The van der Waals surface area contributed by atoms with E-state index in [0.29, 0.717) is 6.42 Å². The van der Waals surface area contributed by atoms with Gasteiger partial charge in [0.2, 0.25) is 12.3 Å². The van der Waals surface area contributed by atoms with Crippen LogP contribution in [0.2, 0.25) is 0 Å². The monoisotopic (exact) mass is 314 g/mol. The Balaban J connectivity index is 1.83. The van der Waals surface area contributed by atoms with Crippen LogP contribution in [0.15, 0.2) is 0 Å². The number of hydrogen-bond acceptors (Lipinski definition) is 3. The van der Waals surface area contributed by atoms with Gasteiger partial charge in [-0.15, -0.1) is 0 Å². The van der Waals surface area contributed by atoms with E-state index >= 15 is 0 Å². The van der Waals surface area contributed by atoms with Crippen LogP contribution in [-0.2, 0) is 9.59 Å². The Morgan fingerprint density at radius 1 is 0.952 bits per heavy atom. The smallest absolute Gasteiger partial charge is 0.220 e. The highest BCUT2D eigenvalue weighted by Crippen LogP contribution is 2.19. The van der Waals surface area contributed by atoms with Crippen molar-refractivity contribution >= 4 is 24.9 Å². The van der Waals surface area contributed by atoms with Crippen LogP contribution in [0.1, 0.15) is 70.6 Å². The molecule has 1 aliphatic carbocycles. The maximum absolute atomic E-state index is 11.7. The zero-order chi connectivity index (χ0) is 15.3. The molecule has 1 aliphatic rings. The minimum absolute atomic E-state index is 0.165. The predicted molar refractivity (Wildman–Crippen MR) is 89.6 cm³/mol. The lowest BCUT2D eigenvalue weighted by atomic mass is 9.87. The summed E-state index contributed by atoms with van der Waals surface area (Å²) in [7, 11) is 0. The molecule has 122 valence electrons. The first-order valence-electron chi connectivity index (χ1n) is 8.36. The van der Waals surface area contributed by atoms with Crippen molar-refractivity contribution in [2.75, 3.05) is 5.75 Å². The second kappa shape index (κ2) is 11.9. The topological polar surface area (TPSA) is 58.2 Å². The highest BCUT2D eigenvalue weighted by atomic mass is 32.1. The number of amides is 2. The molecule has 0 aromatic heterocycles. The van der Waals surface area contributed by atoms with Crippen molar-refractivity contribution in [3.63, 3.8) is 0 Å². The summed E-state index contributed by atoms with van der Waals surface area (Å²) in [6.45, 7) is 0. The van der Waals surface area contributed by atoms with E-state index in [0.717, 1.165) is 37.8 Å². The molecule has 0 bridgehead atoms. The third kappa shape index (κ3) is 9.02. The molecule has 0 radical (unpaired) electrons. The summed E-state index contributed by atoms with van der Waals surface area (Å²) in [5, 5.41) is 5.76. The standard InChI is InChI=1S/C16H30N2O2S/c19-13-17-14-11-15(12-14)18-16(20)9-7-5-3-1-2-4-6-8-10-21/h13-15,21H,1-12H2,(H,17,19)(H,18,20). The molecule has 2 N–H and O–H groups in total. The molecule has 0 heterocycles. The number of carbonyl (C=O) groups excluding carboxylic acids is 2. The summed E-state index contributed by atoms with van der Waals surface area (Å²) >= 11 is 4.20. The number of rotatable bonds is 13. The fourth-order valence-corrected chi connectivity index (χ4v) is 2.95. The molecule has 5 heteroatoms. The van der Waals surface area contributed by atoms with Gasteiger partial charge in [0.1, 0.15) is 0 Å². The van der Waals surface area contributed by atoms with Crippen LogP contribution in [0.3, 0.4) is 0 Å². The molecule has 0 spiro atoms. The summed E-state index contributed by atoms with van der Waals surface area (Å²) in [6, 6.07) is 0.525. The van der Waals surface area contributed by atoms with Crippen molar-refractivity contribution in [2.24, 2.45) is 0 Å². The second-order valence-corrected chi connectivity index (χ2v) is 6.47. The van der Waals surface area contributed by atoms with Gasteiger partial charge in [-0.05, 0) is 31.4 Å². The first kappa shape index (κ1) is 18.3. The van der Waals surface area contributed by atoms with Crippen LogP contribution >= 0.6 is 12.6 Å². The van der Waals surface area contributed by atoms with Gasteiger partial charge in [-0.25, -0.2) is 0 Å². The van der Waals surface area contributed by atoms with Crippen LogP contribution < -0.4 is 10.6 Å². The zero-order valence-electron chi connectivity index (χ0n) is 13.0. The average molecular weight is 314 g/mol. The summed E-state index contributed by atoms with van der Waals surface area (Å²) < 4.78 is 0. The molecule has 0 saturated heterocycles. The van der Waals surface area contributed by atoms with Crippen molar-refractivity contribution < 1.29 is 9.59 Å². The lowest BCUT2D eigenvalue weighted by Crippen LogP contribution is -2.52. The number of unbranched alkanes of at least 4 members (excludes halogenated alkanes) is 7. The van der Waals surface area contributed by atoms with E-state index in [2.05, 4.69) is 23.3 Å². The molecule has 2 amide bonds. The van der Waals surface area contributed by atoms with Crippen LogP contribution in [0, 0.1) is 0 Å². The molecule has 0 aromatic rings. The van der Waals surface area contributed by atoms with Crippen LogP contribution in [0.4, 0.5) is 0 Å². The average Bonchev–Trinajstić information content (AvgIpc) is 2.43. The zero-order valence-corrected chi connectivity index (χ0v) is 13.9. The molecule has 0 aliphatic heterocycles. The van der Waals surface area contributed by atoms with Gasteiger partial charge in [-0.3, -0.25) is 9.59 Å². The molecule has 0 atom stereocenters. The first-order chi connectivity index (χ1) is 10.3. The Morgan fingerprint density at radius 2 is 1.52 bits per heavy atom.